The Kier molecular flexibility index (Phi) is 4.34. The van der Waals surface area contributed by atoms with E-state index in [2.05, 4.69) is 29.2 Å². The monoisotopic (exact) mass is 302 g/mol. The summed E-state index contributed by atoms with van der Waals surface area (Å²) in [6, 6.07) is 10.3. The summed E-state index contributed by atoms with van der Waals surface area (Å²) in [6.45, 7) is 4.54. The number of benzene rings is 1. The maximum Gasteiger partial charge on any atom is 0.259 e. The maximum atomic E-state index is 11.4. The van der Waals surface area contributed by atoms with Gasteiger partial charge in [-0.05, 0) is 22.6 Å². The van der Waals surface area contributed by atoms with Crippen LogP contribution in [0.2, 0.25) is 0 Å². The number of nitrogens with two attached hydrogens (primary N) is 1. The summed E-state index contributed by atoms with van der Waals surface area (Å²) in [4.78, 5) is 14.4. The molecule has 1 amide bonds. The van der Waals surface area contributed by atoms with Crippen LogP contribution in [0.15, 0.2) is 35.7 Å². The fraction of sp³-hybridized carbons (Fsp3) is 0.312. The standard InChI is InChI=1S/C16H18N2O2S/c17-16(19)15-14(5-10-21-15)13-3-1-12(2-4-13)11-18-6-8-20-9-7-18/h1-5,10H,6-9,11H2,(H2,17,19). The predicted octanol–water partition coefficient (Wildman–Crippen LogP) is 2.35. The molecule has 1 aromatic heterocycles. The predicted molar refractivity (Wildman–Crippen MR) is 84.4 cm³/mol. The first kappa shape index (κ1) is 14.3. The molecule has 2 heterocycles. The van der Waals surface area contributed by atoms with E-state index >= 15 is 0 Å². The minimum Gasteiger partial charge on any atom is -0.379 e. The summed E-state index contributed by atoms with van der Waals surface area (Å²) >= 11 is 1.39. The van der Waals surface area contributed by atoms with Crippen LogP contribution in [-0.2, 0) is 11.3 Å². The summed E-state index contributed by atoms with van der Waals surface area (Å²) in [5, 5.41) is 1.90. The van der Waals surface area contributed by atoms with Gasteiger partial charge in [0.2, 0.25) is 0 Å². The van der Waals surface area contributed by atoms with Crippen molar-refractivity contribution in [1.82, 2.24) is 4.90 Å². The van der Waals surface area contributed by atoms with Gasteiger partial charge in [-0.2, -0.15) is 0 Å². The molecule has 1 fully saturated rings. The number of hydrogen-bond acceptors (Lipinski definition) is 4. The summed E-state index contributed by atoms with van der Waals surface area (Å²) in [5.41, 5.74) is 8.64. The first-order valence-electron chi connectivity index (χ1n) is 7.01. The van der Waals surface area contributed by atoms with Gasteiger partial charge in [0.05, 0.1) is 18.1 Å². The number of primary amides is 1. The van der Waals surface area contributed by atoms with Crippen LogP contribution in [0.3, 0.4) is 0 Å². The van der Waals surface area contributed by atoms with Crippen molar-refractivity contribution in [2.45, 2.75) is 6.54 Å². The van der Waals surface area contributed by atoms with Gasteiger partial charge in [0, 0.05) is 25.2 Å². The lowest BCUT2D eigenvalue weighted by molar-refractivity contribution is 0.0342. The molecular formula is C16H18N2O2S. The molecule has 0 radical (unpaired) electrons. The SMILES string of the molecule is NC(=O)c1sccc1-c1ccc(CN2CCOCC2)cc1. The average Bonchev–Trinajstić information content (AvgIpc) is 2.99. The molecule has 0 bridgehead atoms. The van der Waals surface area contributed by atoms with Gasteiger partial charge in [-0.25, -0.2) is 0 Å². The zero-order valence-corrected chi connectivity index (χ0v) is 12.6. The fourth-order valence-electron chi connectivity index (χ4n) is 2.53. The molecule has 2 N–H and O–H groups in total. The summed E-state index contributed by atoms with van der Waals surface area (Å²) in [6.07, 6.45) is 0. The lowest BCUT2D eigenvalue weighted by atomic mass is 10.0. The van der Waals surface area contributed by atoms with Crippen molar-refractivity contribution in [1.29, 1.82) is 0 Å². The molecule has 2 aromatic rings. The number of nitrogens with zero attached hydrogens (tertiary/aromatic N) is 1. The minimum absolute atomic E-state index is 0.364. The highest BCUT2D eigenvalue weighted by Crippen LogP contribution is 2.28. The zero-order chi connectivity index (χ0) is 14.7. The van der Waals surface area contributed by atoms with Gasteiger partial charge in [-0.15, -0.1) is 11.3 Å². The summed E-state index contributed by atoms with van der Waals surface area (Å²) in [5.74, 6) is -0.364. The zero-order valence-electron chi connectivity index (χ0n) is 11.7. The lowest BCUT2D eigenvalue weighted by Crippen LogP contribution is -2.35. The van der Waals surface area contributed by atoms with Crippen LogP contribution in [0.5, 0.6) is 0 Å². The van der Waals surface area contributed by atoms with E-state index in [4.69, 9.17) is 10.5 Å². The Labute approximate surface area is 128 Å². The van der Waals surface area contributed by atoms with Crippen LogP contribution in [0.25, 0.3) is 11.1 Å². The van der Waals surface area contributed by atoms with E-state index in [1.807, 2.05) is 11.4 Å². The molecule has 110 valence electrons. The van der Waals surface area contributed by atoms with Crippen LogP contribution in [-0.4, -0.2) is 37.1 Å². The van der Waals surface area contributed by atoms with Crippen LogP contribution in [0.4, 0.5) is 0 Å². The highest BCUT2D eigenvalue weighted by Gasteiger charge is 2.13. The second kappa shape index (κ2) is 6.39. The van der Waals surface area contributed by atoms with Gasteiger partial charge in [-0.3, -0.25) is 9.69 Å². The molecule has 1 aromatic carbocycles. The maximum absolute atomic E-state index is 11.4. The Hall–Kier alpha value is -1.69. The normalized spacial score (nSPS) is 16.0. The van der Waals surface area contributed by atoms with Crippen molar-refractivity contribution < 1.29 is 9.53 Å². The van der Waals surface area contributed by atoms with E-state index in [1.165, 1.54) is 16.9 Å². The molecule has 3 rings (SSSR count). The largest absolute Gasteiger partial charge is 0.379 e. The van der Waals surface area contributed by atoms with Crippen molar-refractivity contribution in [3.63, 3.8) is 0 Å². The summed E-state index contributed by atoms with van der Waals surface area (Å²) < 4.78 is 5.36. The van der Waals surface area contributed by atoms with Crippen LogP contribution >= 0.6 is 11.3 Å². The Bertz CT molecular complexity index is 615. The molecule has 1 saturated heterocycles. The number of thiophene rings is 1. The highest BCUT2D eigenvalue weighted by atomic mass is 32.1. The van der Waals surface area contributed by atoms with E-state index in [9.17, 15) is 4.79 Å². The Morgan fingerprint density at radius 2 is 1.90 bits per heavy atom. The van der Waals surface area contributed by atoms with Gasteiger partial charge >= 0.3 is 0 Å². The van der Waals surface area contributed by atoms with E-state index in [0.717, 1.165) is 44.0 Å². The van der Waals surface area contributed by atoms with Crippen molar-refractivity contribution >= 4 is 17.2 Å². The second-order valence-electron chi connectivity index (χ2n) is 5.11. The summed E-state index contributed by atoms with van der Waals surface area (Å²) in [7, 11) is 0. The molecule has 1 aliphatic heterocycles. The smallest absolute Gasteiger partial charge is 0.259 e. The van der Waals surface area contributed by atoms with Crippen LogP contribution in [0.1, 0.15) is 15.2 Å². The molecule has 0 unspecified atom stereocenters. The molecule has 0 aliphatic carbocycles. The minimum atomic E-state index is -0.364. The molecule has 0 saturated carbocycles. The van der Waals surface area contributed by atoms with E-state index in [0.29, 0.717) is 4.88 Å². The second-order valence-corrected chi connectivity index (χ2v) is 6.03. The molecule has 21 heavy (non-hydrogen) atoms. The molecule has 0 spiro atoms. The Morgan fingerprint density at radius 3 is 2.57 bits per heavy atom. The number of hydrogen-bond donors (Lipinski definition) is 1. The third-order valence-corrected chi connectivity index (χ3v) is 4.59. The van der Waals surface area contributed by atoms with Gasteiger partial charge in [0.25, 0.3) is 5.91 Å². The van der Waals surface area contributed by atoms with Gasteiger partial charge < -0.3 is 10.5 Å². The van der Waals surface area contributed by atoms with Gasteiger partial charge in [0.15, 0.2) is 0 Å². The number of amides is 1. The number of carbonyl (C=O) groups excluding carboxylic acids is 1. The average molecular weight is 302 g/mol. The molecular weight excluding hydrogens is 284 g/mol. The van der Waals surface area contributed by atoms with E-state index in [1.54, 1.807) is 0 Å². The Morgan fingerprint density at radius 1 is 1.19 bits per heavy atom. The number of carbonyl (C=O) groups is 1. The van der Waals surface area contributed by atoms with Gasteiger partial charge in [-0.1, -0.05) is 24.3 Å². The fourth-order valence-corrected chi connectivity index (χ4v) is 3.30. The third-order valence-electron chi connectivity index (χ3n) is 3.66. The highest BCUT2D eigenvalue weighted by molar-refractivity contribution is 7.12. The van der Waals surface area contributed by atoms with E-state index in [-0.39, 0.29) is 5.91 Å². The number of morpholine rings is 1. The Balaban J connectivity index is 1.74. The van der Waals surface area contributed by atoms with Crippen molar-refractivity contribution in [3.8, 4) is 11.1 Å². The number of rotatable bonds is 4. The molecule has 1 aliphatic rings. The third kappa shape index (κ3) is 3.32. The first-order valence-corrected chi connectivity index (χ1v) is 7.89. The van der Waals surface area contributed by atoms with E-state index < -0.39 is 0 Å². The molecule has 4 nitrogen and oxygen atoms in total. The number of ether oxygens (including phenoxy) is 1. The molecule has 0 atom stereocenters. The van der Waals surface area contributed by atoms with Gasteiger partial charge in [0.1, 0.15) is 0 Å². The quantitative estimate of drug-likeness (QED) is 0.943. The molecule has 5 heteroatoms. The van der Waals surface area contributed by atoms with Crippen LogP contribution < -0.4 is 5.73 Å². The van der Waals surface area contributed by atoms with Crippen molar-refractivity contribution in [3.05, 3.63) is 46.2 Å². The van der Waals surface area contributed by atoms with Crippen molar-refractivity contribution in [2.24, 2.45) is 5.73 Å². The van der Waals surface area contributed by atoms with Crippen LogP contribution in [0, 0.1) is 0 Å². The first-order chi connectivity index (χ1) is 10.2. The lowest BCUT2D eigenvalue weighted by Gasteiger charge is -2.26. The van der Waals surface area contributed by atoms with Crippen molar-refractivity contribution in [2.75, 3.05) is 26.3 Å². The topological polar surface area (TPSA) is 55.6 Å².